The molecule has 0 radical (unpaired) electrons. The maximum Gasteiger partial charge on any atom is 0.303 e. The number of piperidine rings is 1. The van der Waals surface area contributed by atoms with Crippen LogP contribution in [-0.4, -0.2) is 34.6 Å². The van der Waals surface area contributed by atoms with Crippen LogP contribution < -0.4 is 10.2 Å². The Hall–Kier alpha value is -2.11. The first kappa shape index (κ1) is 15.3. The second-order valence-corrected chi connectivity index (χ2v) is 5.39. The topological polar surface area (TPSA) is 82.5 Å². The average molecular weight is 291 g/mol. The molecule has 114 valence electrons. The van der Waals surface area contributed by atoms with Crippen LogP contribution in [0.25, 0.3) is 0 Å². The smallest absolute Gasteiger partial charge is 0.303 e. The van der Waals surface area contributed by atoms with E-state index in [1.165, 1.54) is 19.3 Å². The van der Waals surface area contributed by atoms with Gasteiger partial charge in [0, 0.05) is 19.0 Å². The fourth-order valence-corrected chi connectivity index (χ4v) is 2.51. The molecule has 21 heavy (non-hydrogen) atoms. The molecular formula is C15H21N3O3. The summed E-state index contributed by atoms with van der Waals surface area (Å²) in [7, 11) is 0. The quantitative estimate of drug-likeness (QED) is 0.869. The van der Waals surface area contributed by atoms with E-state index in [0.29, 0.717) is 11.7 Å². The average Bonchev–Trinajstić information content (AvgIpc) is 2.47. The monoisotopic (exact) mass is 291 g/mol. The van der Waals surface area contributed by atoms with Crippen molar-refractivity contribution in [3.8, 4) is 0 Å². The molecule has 6 heteroatoms. The number of anilines is 2. The van der Waals surface area contributed by atoms with Gasteiger partial charge < -0.3 is 15.3 Å². The molecule has 1 fully saturated rings. The van der Waals surface area contributed by atoms with Crippen molar-refractivity contribution in [1.29, 1.82) is 0 Å². The van der Waals surface area contributed by atoms with Crippen LogP contribution in [0.3, 0.4) is 0 Å². The van der Waals surface area contributed by atoms with Gasteiger partial charge in [-0.2, -0.15) is 0 Å². The number of nitrogens with zero attached hydrogens (tertiary/aromatic N) is 2. The zero-order valence-corrected chi connectivity index (χ0v) is 12.2. The van der Waals surface area contributed by atoms with E-state index in [0.717, 1.165) is 12.4 Å². The number of amides is 1. The molecule has 2 N–H and O–H groups in total. The maximum atomic E-state index is 11.5. The van der Waals surface area contributed by atoms with Gasteiger partial charge in [-0.05, 0) is 38.3 Å². The summed E-state index contributed by atoms with van der Waals surface area (Å²) in [5.74, 6) is -0.360. The molecular weight excluding hydrogens is 270 g/mol. The van der Waals surface area contributed by atoms with E-state index in [2.05, 4.69) is 22.1 Å². The molecule has 6 nitrogen and oxygen atoms in total. The molecule has 0 bridgehead atoms. The fraction of sp³-hybridized carbons (Fsp3) is 0.533. The van der Waals surface area contributed by atoms with Crippen LogP contribution in [0.5, 0.6) is 0 Å². The molecule has 0 aliphatic carbocycles. The summed E-state index contributed by atoms with van der Waals surface area (Å²) in [5.41, 5.74) is 0.596. The molecule has 2 heterocycles. The number of carboxylic acids is 1. The zero-order chi connectivity index (χ0) is 15.2. The van der Waals surface area contributed by atoms with E-state index in [1.54, 1.807) is 6.20 Å². The molecule has 1 aromatic rings. The predicted molar refractivity (Wildman–Crippen MR) is 80.4 cm³/mol. The predicted octanol–water partition coefficient (Wildman–Crippen LogP) is 2.26. The molecule has 1 aliphatic rings. The third kappa shape index (κ3) is 4.44. The highest BCUT2D eigenvalue weighted by atomic mass is 16.4. The molecule has 1 unspecified atom stereocenters. The van der Waals surface area contributed by atoms with Crippen molar-refractivity contribution in [3.05, 3.63) is 18.3 Å². The molecule has 1 aromatic heterocycles. The van der Waals surface area contributed by atoms with E-state index in [1.807, 2.05) is 12.1 Å². The Morgan fingerprint density at radius 3 is 2.81 bits per heavy atom. The Morgan fingerprint density at radius 1 is 1.38 bits per heavy atom. The van der Waals surface area contributed by atoms with Crippen molar-refractivity contribution in [2.24, 2.45) is 0 Å². The number of carboxylic acid groups (broad SMARTS) is 1. The van der Waals surface area contributed by atoms with Crippen LogP contribution in [-0.2, 0) is 9.59 Å². The summed E-state index contributed by atoms with van der Waals surface area (Å²) in [4.78, 5) is 28.6. The van der Waals surface area contributed by atoms with Crippen LogP contribution in [0, 0.1) is 0 Å². The largest absolute Gasteiger partial charge is 0.481 e. The highest BCUT2D eigenvalue weighted by Gasteiger charge is 2.19. The molecule has 1 aliphatic heterocycles. The SMILES string of the molecule is CC1CCCCN1c1ccc(NC(=O)CCC(=O)O)cn1. The zero-order valence-electron chi connectivity index (χ0n) is 12.2. The van der Waals surface area contributed by atoms with Gasteiger partial charge in [-0.15, -0.1) is 0 Å². The minimum atomic E-state index is -0.974. The van der Waals surface area contributed by atoms with Gasteiger partial charge in [0.2, 0.25) is 5.91 Å². The standard InChI is InChI=1S/C15H21N3O3/c1-11-4-2-3-9-18(11)13-6-5-12(10-16-13)17-14(19)7-8-15(20)21/h5-6,10-11H,2-4,7-9H2,1H3,(H,17,19)(H,20,21). The summed E-state index contributed by atoms with van der Waals surface area (Å²) in [6.07, 6.45) is 5.04. The van der Waals surface area contributed by atoms with Crippen LogP contribution in [0.2, 0.25) is 0 Å². The normalized spacial score (nSPS) is 18.3. The number of pyridine rings is 1. The van der Waals surface area contributed by atoms with Crippen molar-refractivity contribution in [3.63, 3.8) is 0 Å². The third-order valence-corrected chi connectivity index (χ3v) is 3.69. The van der Waals surface area contributed by atoms with Crippen molar-refractivity contribution < 1.29 is 14.7 Å². The van der Waals surface area contributed by atoms with E-state index in [9.17, 15) is 9.59 Å². The molecule has 0 saturated carbocycles. The lowest BCUT2D eigenvalue weighted by atomic mass is 10.0. The number of hydrogen-bond donors (Lipinski definition) is 2. The maximum absolute atomic E-state index is 11.5. The summed E-state index contributed by atoms with van der Waals surface area (Å²) < 4.78 is 0. The molecule has 1 atom stereocenters. The van der Waals surface area contributed by atoms with Crippen LogP contribution in [0.15, 0.2) is 18.3 Å². The molecule has 2 rings (SSSR count). The highest BCUT2D eigenvalue weighted by Crippen LogP contribution is 2.23. The third-order valence-electron chi connectivity index (χ3n) is 3.69. The first-order valence-corrected chi connectivity index (χ1v) is 7.30. The minimum Gasteiger partial charge on any atom is -0.481 e. The van der Waals surface area contributed by atoms with Gasteiger partial charge >= 0.3 is 5.97 Å². The van der Waals surface area contributed by atoms with Crippen LogP contribution in [0.1, 0.15) is 39.0 Å². The van der Waals surface area contributed by atoms with Crippen LogP contribution >= 0.6 is 0 Å². The molecule has 1 amide bonds. The highest BCUT2D eigenvalue weighted by molar-refractivity contribution is 5.92. The fourth-order valence-electron chi connectivity index (χ4n) is 2.51. The summed E-state index contributed by atoms with van der Waals surface area (Å²) in [5, 5.41) is 11.2. The van der Waals surface area contributed by atoms with Gasteiger partial charge in [0.05, 0.1) is 18.3 Å². The van der Waals surface area contributed by atoms with Gasteiger partial charge in [0.15, 0.2) is 0 Å². The molecule has 0 aromatic carbocycles. The number of hydrogen-bond acceptors (Lipinski definition) is 4. The second-order valence-electron chi connectivity index (χ2n) is 5.39. The lowest BCUT2D eigenvalue weighted by Crippen LogP contribution is -2.37. The first-order valence-electron chi connectivity index (χ1n) is 7.30. The van der Waals surface area contributed by atoms with Crippen molar-refractivity contribution in [2.45, 2.75) is 45.1 Å². The van der Waals surface area contributed by atoms with E-state index in [4.69, 9.17) is 5.11 Å². The lowest BCUT2D eigenvalue weighted by molar-refractivity contribution is -0.138. The van der Waals surface area contributed by atoms with Gasteiger partial charge in [-0.1, -0.05) is 0 Å². The Bertz CT molecular complexity index is 501. The first-order chi connectivity index (χ1) is 10.1. The van der Waals surface area contributed by atoms with E-state index < -0.39 is 5.97 Å². The number of carbonyl (C=O) groups is 2. The van der Waals surface area contributed by atoms with Gasteiger partial charge in [-0.25, -0.2) is 4.98 Å². The van der Waals surface area contributed by atoms with Crippen LogP contribution in [0.4, 0.5) is 11.5 Å². The number of aromatic nitrogens is 1. The number of rotatable bonds is 5. The van der Waals surface area contributed by atoms with Gasteiger partial charge in [-0.3, -0.25) is 9.59 Å². The minimum absolute atomic E-state index is 0.0275. The summed E-state index contributed by atoms with van der Waals surface area (Å²) in [6, 6.07) is 4.19. The summed E-state index contributed by atoms with van der Waals surface area (Å²) >= 11 is 0. The van der Waals surface area contributed by atoms with Crippen molar-refractivity contribution in [1.82, 2.24) is 4.98 Å². The Balaban J connectivity index is 1.92. The Labute approximate surface area is 124 Å². The van der Waals surface area contributed by atoms with Crippen molar-refractivity contribution in [2.75, 3.05) is 16.8 Å². The second kappa shape index (κ2) is 7.06. The number of nitrogens with one attached hydrogen (secondary N) is 1. The molecule has 0 spiro atoms. The van der Waals surface area contributed by atoms with E-state index >= 15 is 0 Å². The molecule has 1 saturated heterocycles. The van der Waals surface area contributed by atoms with Gasteiger partial charge in [0.25, 0.3) is 0 Å². The van der Waals surface area contributed by atoms with Crippen molar-refractivity contribution >= 4 is 23.4 Å². The Kier molecular flexibility index (Phi) is 5.14. The van der Waals surface area contributed by atoms with Gasteiger partial charge in [0.1, 0.15) is 5.82 Å². The Morgan fingerprint density at radius 2 is 2.19 bits per heavy atom. The number of carbonyl (C=O) groups excluding carboxylic acids is 1. The number of aliphatic carboxylic acids is 1. The summed E-state index contributed by atoms with van der Waals surface area (Å²) in [6.45, 7) is 3.21. The van der Waals surface area contributed by atoms with E-state index in [-0.39, 0.29) is 18.7 Å². The lowest BCUT2D eigenvalue weighted by Gasteiger charge is -2.34.